The Kier molecular flexibility index (Phi) is 4.72. The molecule has 0 saturated carbocycles. The summed E-state index contributed by atoms with van der Waals surface area (Å²) in [5, 5.41) is 13.6. The molecule has 100 valence electrons. The van der Waals surface area contributed by atoms with E-state index >= 15 is 0 Å². The van der Waals surface area contributed by atoms with Gasteiger partial charge in [0.2, 0.25) is 5.91 Å². The molecule has 0 spiro atoms. The molecule has 1 rings (SSSR count). The van der Waals surface area contributed by atoms with Crippen LogP contribution < -0.4 is 5.73 Å². The fourth-order valence-corrected chi connectivity index (χ4v) is 2.24. The van der Waals surface area contributed by atoms with Crippen LogP contribution in [0.3, 0.4) is 0 Å². The van der Waals surface area contributed by atoms with E-state index in [-0.39, 0.29) is 11.7 Å². The fraction of sp³-hybridized carbons (Fsp3) is 0.500. The van der Waals surface area contributed by atoms with Crippen molar-refractivity contribution in [2.75, 3.05) is 13.6 Å². The van der Waals surface area contributed by atoms with E-state index in [1.54, 1.807) is 37.1 Å². The predicted molar refractivity (Wildman–Crippen MR) is 72.8 cm³/mol. The minimum atomic E-state index is -0.987. The molecular formula is C12H19N3O2S. The minimum absolute atomic E-state index is 0.0736. The summed E-state index contributed by atoms with van der Waals surface area (Å²) < 4.78 is 0. The zero-order valence-electron chi connectivity index (χ0n) is 10.9. The highest BCUT2D eigenvalue weighted by Gasteiger charge is 2.35. The average Bonchev–Trinajstić information content (AvgIpc) is 2.86. The van der Waals surface area contributed by atoms with Gasteiger partial charge in [-0.05, 0) is 31.7 Å². The molecule has 0 atom stereocenters. The van der Waals surface area contributed by atoms with E-state index in [4.69, 9.17) is 10.9 Å². The Balaban J connectivity index is 2.61. The maximum atomic E-state index is 12.2. The van der Waals surface area contributed by atoms with E-state index in [1.165, 1.54) is 4.88 Å². The number of oxime groups is 1. The second-order valence-electron chi connectivity index (χ2n) is 4.67. The third kappa shape index (κ3) is 3.22. The molecule has 1 aromatic rings. The molecular weight excluding hydrogens is 250 g/mol. The van der Waals surface area contributed by atoms with Crippen molar-refractivity contribution in [3.8, 4) is 0 Å². The third-order valence-electron chi connectivity index (χ3n) is 2.90. The molecule has 0 aromatic carbocycles. The zero-order valence-corrected chi connectivity index (χ0v) is 11.7. The molecule has 0 unspecified atom stereocenters. The van der Waals surface area contributed by atoms with E-state index in [1.807, 2.05) is 17.5 Å². The van der Waals surface area contributed by atoms with E-state index in [9.17, 15) is 4.79 Å². The van der Waals surface area contributed by atoms with E-state index in [0.717, 1.165) is 6.42 Å². The number of nitrogens with zero attached hydrogens (tertiary/aromatic N) is 2. The summed E-state index contributed by atoms with van der Waals surface area (Å²) in [4.78, 5) is 15.0. The lowest BCUT2D eigenvalue weighted by molar-refractivity contribution is -0.135. The van der Waals surface area contributed by atoms with Crippen LogP contribution in [-0.4, -0.2) is 35.4 Å². The van der Waals surface area contributed by atoms with Gasteiger partial charge >= 0.3 is 0 Å². The number of rotatable bonds is 5. The Morgan fingerprint density at radius 1 is 1.61 bits per heavy atom. The number of carbonyl (C=O) groups excluding carboxylic acids is 1. The van der Waals surface area contributed by atoms with Crippen molar-refractivity contribution in [2.24, 2.45) is 16.3 Å². The predicted octanol–water partition coefficient (Wildman–Crippen LogP) is 1.52. The lowest BCUT2D eigenvalue weighted by Crippen LogP contribution is -2.47. The number of carbonyl (C=O) groups is 1. The van der Waals surface area contributed by atoms with Crippen molar-refractivity contribution < 1.29 is 10.0 Å². The number of likely N-dealkylation sites (N-methyl/N-ethyl adjacent to an activating group) is 1. The molecule has 0 aliphatic carbocycles. The van der Waals surface area contributed by atoms with Crippen LogP contribution in [0.2, 0.25) is 0 Å². The van der Waals surface area contributed by atoms with Gasteiger partial charge < -0.3 is 15.8 Å². The van der Waals surface area contributed by atoms with Gasteiger partial charge in [-0.25, -0.2) is 0 Å². The molecule has 18 heavy (non-hydrogen) atoms. The van der Waals surface area contributed by atoms with Crippen molar-refractivity contribution in [3.05, 3.63) is 22.4 Å². The lowest BCUT2D eigenvalue weighted by Gasteiger charge is -2.28. The quantitative estimate of drug-likeness (QED) is 0.368. The van der Waals surface area contributed by atoms with Crippen LogP contribution in [0, 0.1) is 5.41 Å². The van der Waals surface area contributed by atoms with Gasteiger partial charge in [0.05, 0.1) is 0 Å². The van der Waals surface area contributed by atoms with Crippen LogP contribution >= 0.6 is 11.3 Å². The van der Waals surface area contributed by atoms with Crippen molar-refractivity contribution in [2.45, 2.75) is 20.3 Å². The Hall–Kier alpha value is -1.56. The number of thiophene rings is 1. The van der Waals surface area contributed by atoms with Crippen LogP contribution in [0.1, 0.15) is 18.7 Å². The van der Waals surface area contributed by atoms with Crippen LogP contribution in [-0.2, 0) is 11.2 Å². The van der Waals surface area contributed by atoms with Crippen molar-refractivity contribution in [1.29, 1.82) is 0 Å². The maximum absolute atomic E-state index is 12.2. The van der Waals surface area contributed by atoms with E-state index in [0.29, 0.717) is 6.54 Å². The molecule has 1 heterocycles. The third-order valence-corrected chi connectivity index (χ3v) is 3.84. The zero-order chi connectivity index (χ0) is 13.8. The van der Waals surface area contributed by atoms with Gasteiger partial charge in [0.25, 0.3) is 0 Å². The number of amides is 1. The normalized spacial score (nSPS) is 12.5. The van der Waals surface area contributed by atoms with Crippen molar-refractivity contribution in [1.82, 2.24) is 4.90 Å². The van der Waals surface area contributed by atoms with Crippen molar-refractivity contribution in [3.63, 3.8) is 0 Å². The van der Waals surface area contributed by atoms with Gasteiger partial charge in [0.1, 0.15) is 5.41 Å². The van der Waals surface area contributed by atoms with E-state index in [2.05, 4.69) is 5.16 Å². The monoisotopic (exact) mass is 269 g/mol. The molecule has 0 fully saturated rings. The molecule has 6 heteroatoms. The first kappa shape index (κ1) is 14.5. The van der Waals surface area contributed by atoms with Gasteiger partial charge in [0.15, 0.2) is 5.84 Å². The standard InChI is InChI=1S/C12H19N3O2S/c1-12(2,10(13)14-17)11(16)15(3)7-6-9-5-4-8-18-9/h4-5,8,17H,6-7H2,1-3H3,(H2,13,14). The molecule has 3 N–H and O–H groups in total. The van der Waals surface area contributed by atoms with Crippen LogP contribution in [0.5, 0.6) is 0 Å². The summed E-state index contributed by atoms with van der Waals surface area (Å²) in [5.74, 6) is -0.232. The van der Waals surface area contributed by atoms with Crippen LogP contribution in [0.4, 0.5) is 0 Å². The Labute approximate surface area is 111 Å². The molecule has 0 aliphatic rings. The first-order valence-corrected chi connectivity index (χ1v) is 6.53. The molecule has 0 saturated heterocycles. The topological polar surface area (TPSA) is 78.9 Å². The first-order valence-electron chi connectivity index (χ1n) is 5.65. The Morgan fingerprint density at radius 3 is 2.78 bits per heavy atom. The molecule has 1 amide bonds. The van der Waals surface area contributed by atoms with Crippen LogP contribution in [0.25, 0.3) is 0 Å². The highest BCUT2D eigenvalue weighted by Crippen LogP contribution is 2.19. The summed E-state index contributed by atoms with van der Waals surface area (Å²) in [6.45, 7) is 3.90. The summed E-state index contributed by atoms with van der Waals surface area (Å²) in [7, 11) is 1.72. The fourth-order valence-electron chi connectivity index (χ4n) is 1.55. The number of hydrogen-bond acceptors (Lipinski definition) is 4. The van der Waals surface area contributed by atoms with Crippen molar-refractivity contribution >= 4 is 23.1 Å². The molecule has 5 nitrogen and oxygen atoms in total. The highest BCUT2D eigenvalue weighted by atomic mass is 32.1. The summed E-state index contributed by atoms with van der Waals surface area (Å²) in [6.07, 6.45) is 0.812. The summed E-state index contributed by atoms with van der Waals surface area (Å²) >= 11 is 1.67. The summed E-state index contributed by atoms with van der Waals surface area (Å²) in [6, 6.07) is 4.03. The van der Waals surface area contributed by atoms with Gasteiger partial charge in [0, 0.05) is 18.5 Å². The summed E-state index contributed by atoms with van der Waals surface area (Å²) in [5.41, 5.74) is 4.55. The number of hydrogen-bond donors (Lipinski definition) is 2. The molecule has 1 aromatic heterocycles. The first-order chi connectivity index (χ1) is 8.39. The van der Waals surface area contributed by atoms with Gasteiger partial charge in [-0.1, -0.05) is 11.2 Å². The Morgan fingerprint density at radius 2 is 2.28 bits per heavy atom. The molecule has 0 bridgehead atoms. The highest BCUT2D eigenvalue weighted by molar-refractivity contribution is 7.09. The SMILES string of the molecule is CN(CCc1cccs1)C(=O)C(C)(C)C(N)=NO. The smallest absolute Gasteiger partial charge is 0.235 e. The Bertz CT molecular complexity index is 427. The number of nitrogens with two attached hydrogens (primary N) is 1. The molecule has 0 radical (unpaired) electrons. The number of amidine groups is 1. The second kappa shape index (κ2) is 5.86. The van der Waals surface area contributed by atoms with E-state index < -0.39 is 5.41 Å². The van der Waals surface area contributed by atoms with Gasteiger partial charge in [-0.15, -0.1) is 11.3 Å². The molecule has 0 aliphatic heterocycles. The second-order valence-corrected chi connectivity index (χ2v) is 5.70. The average molecular weight is 269 g/mol. The maximum Gasteiger partial charge on any atom is 0.235 e. The van der Waals surface area contributed by atoms with Crippen LogP contribution in [0.15, 0.2) is 22.7 Å². The lowest BCUT2D eigenvalue weighted by atomic mass is 9.90. The largest absolute Gasteiger partial charge is 0.409 e. The van der Waals surface area contributed by atoms with Gasteiger partial charge in [-0.2, -0.15) is 0 Å². The minimum Gasteiger partial charge on any atom is -0.409 e. The van der Waals surface area contributed by atoms with Gasteiger partial charge in [-0.3, -0.25) is 4.79 Å².